The van der Waals surface area contributed by atoms with Crippen LogP contribution >= 0.6 is 7.82 Å². The first-order valence-corrected chi connectivity index (χ1v) is 23.4. The highest BCUT2D eigenvalue weighted by molar-refractivity contribution is 7.47. The molecule has 0 amide bonds. The number of carboxylic acid groups (broad SMARTS) is 1. The van der Waals surface area contributed by atoms with E-state index in [4.69, 9.17) is 24.8 Å². The predicted molar refractivity (Wildman–Crippen MR) is 222 cm³/mol. The molecule has 11 nitrogen and oxygen atoms in total. The molecule has 0 aromatic heterocycles. The zero-order valence-corrected chi connectivity index (χ0v) is 35.7. The van der Waals surface area contributed by atoms with Gasteiger partial charge in [-0.05, 0) is 38.5 Å². The minimum absolute atomic E-state index is 0.155. The lowest BCUT2D eigenvalue weighted by Gasteiger charge is -2.20. The van der Waals surface area contributed by atoms with Crippen molar-refractivity contribution in [1.29, 1.82) is 0 Å². The number of ether oxygens (including phenoxy) is 2. The number of allylic oxidation sites excluding steroid dienone is 4. The van der Waals surface area contributed by atoms with Gasteiger partial charge in [0.2, 0.25) is 0 Å². The number of carbonyl (C=O) groups is 3. The molecule has 12 heteroatoms. The lowest BCUT2D eigenvalue weighted by atomic mass is 10.0. The molecule has 0 saturated heterocycles. The molecule has 1 unspecified atom stereocenters. The van der Waals surface area contributed by atoms with Gasteiger partial charge in [0.15, 0.2) is 6.10 Å². The van der Waals surface area contributed by atoms with Crippen LogP contribution in [-0.2, 0) is 37.5 Å². The minimum Gasteiger partial charge on any atom is -0.480 e. The zero-order valence-electron chi connectivity index (χ0n) is 34.8. The summed E-state index contributed by atoms with van der Waals surface area (Å²) in [5, 5.41) is 8.88. The van der Waals surface area contributed by atoms with E-state index >= 15 is 0 Å². The lowest BCUT2D eigenvalue weighted by Crippen LogP contribution is -2.34. The Morgan fingerprint density at radius 1 is 0.564 bits per heavy atom. The first-order valence-electron chi connectivity index (χ1n) is 21.9. The van der Waals surface area contributed by atoms with Gasteiger partial charge in [0.1, 0.15) is 12.6 Å². The average molecular weight is 802 g/mol. The molecule has 0 aliphatic rings. The van der Waals surface area contributed by atoms with Gasteiger partial charge in [-0.15, -0.1) is 0 Å². The average Bonchev–Trinajstić information content (AvgIpc) is 3.16. The number of hydrogen-bond acceptors (Lipinski definition) is 9. The number of carboxylic acids is 1. The van der Waals surface area contributed by atoms with E-state index in [-0.39, 0.29) is 19.4 Å². The first kappa shape index (κ1) is 53.0. The molecule has 0 rings (SSSR count). The summed E-state index contributed by atoms with van der Waals surface area (Å²) in [5.74, 6) is -2.38. The molecule has 0 fully saturated rings. The Bertz CT molecular complexity index is 1040. The number of phosphoric acid groups is 1. The fourth-order valence-corrected chi connectivity index (χ4v) is 6.74. The fourth-order valence-electron chi connectivity index (χ4n) is 5.96. The maximum Gasteiger partial charge on any atom is 0.472 e. The molecule has 0 radical (unpaired) electrons. The number of aliphatic carboxylic acids is 1. The number of hydrogen-bond donors (Lipinski definition) is 3. The smallest absolute Gasteiger partial charge is 0.472 e. The van der Waals surface area contributed by atoms with E-state index in [1.807, 2.05) is 0 Å². The molecule has 4 N–H and O–H groups in total. The SMILES string of the molecule is CCCC/C=C\C/C=C\CCCCCCCCCC(=O)O[C@H](COC(=O)CCCCCCCCCCCCCCCCC)COP(=O)(O)OC[C@H](N)C(=O)O. The van der Waals surface area contributed by atoms with Crippen molar-refractivity contribution in [2.45, 2.75) is 212 Å². The molecular weight excluding hydrogens is 721 g/mol. The summed E-state index contributed by atoms with van der Waals surface area (Å²) >= 11 is 0. The van der Waals surface area contributed by atoms with Crippen molar-refractivity contribution in [1.82, 2.24) is 0 Å². The third-order valence-corrected chi connectivity index (χ3v) is 10.4. The summed E-state index contributed by atoms with van der Waals surface area (Å²) < 4.78 is 32.7. The summed E-state index contributed by atoms with van der Waals surface area (Å²) in [5.41, 5.74) is 5.33. The summed E-state index contributed by atoms with van der Waals surface area (Å²) in [6, 6.07) is -1.52. The van der Waals surface area contributed by atoms with Crippen molar-refractivity contribution in [3.63, 3.8) is 0 Å². The molecular formula is C43H80NO10P. The van der Waals surface area contributed by atoms with Gasteiger partial charge in [-0.3, -0.25) is 23.4 Å². The Kier molecular flexibility index (Phi) is 37.4. The molecule has 322 valence electrons. The largest absolute Gasteiger partial charge is 0.480 e. The van der Waals surface area contributed by atoms with Crippen LogP contribution in [0.1, 0.15) is 200 Å². The van der Waals surface area contributed by atoms with Crippen molar-refractivity contribution in [2.24, 2.45) is 5.73 Å². The van der Waals surface area contributed by atoms with Crippen molar-refractivity contribution >= 4 is 25.7 Å². The van der Waals surface area contributed by atoms with Crippen LogP contribution < -0.4 is 5.73 Å². The first-order chi connectivity index (χ1) is 26.6. The molecule has 0 spiro atoms. The van der Waals surface area contributed by atoms with E-state index in [1.54, 1.807) is 0 Å². The van der Waals surface area contributed by atoms with Crippen LogP contribution in [0.25, 0.3) is 0 Å². The minimum atomic E-state index is -4.71. The molecule has 0 saturated carbocycles. The number of esters is 2. The van der Waals surface area contributed by atoms with Gasteiger partial charge in [0.25, 0.3) is 0 Å². The van der Waals surface area contributed by atoms with E-state index in [0.29, 0.717) is 12.8 Å². The zero-order chi connectivity index (χ0) is 40.7. The van der Waals surface area contributed by atoms with E-state index in [1.165, 1.54) is 96.3 Å². The van der Waals surface area contributed by atoms with Gasteiger partial charge in [0.05, 0.1) is 13.2 Å². The molecule has 0 bridgehead atoms. The van der Waals surface area contributed by atoms with Crippen molar-refractivity contribution in [3.05, 3.63) is 24.3 Å². The van der Waals surface area contributed by atoms with Crippen LogP contribution in [0, 0.1) is 0 Å². The Morgan fingerprint density at radius 2 is 0.982 bits per heavy atom. The topological polar surface area (TPSA) is 172 Å². The Balaban J connectivity index is 4.35. The van der Waals surface area contributed by atoms with Gasteiger partial charge in [-0.2, -0.15) is 0 Å². The summed E-state index contributed by atoms with van der Waals surface area (Å²) in [6.45, 7) is 2.77. The third kappa shape index (κ3) is 38.6. The molecule has 0 aromatic carbocycles. The highest BCUT2D eigenvalue weighted by atomic mass is 31.2. The van der Waals surface area contributed by atoms with Crippen LogP contribution in [0.2, 0.25) is 0 Å². The molecule has 0 aliphatic heterocycles. The van der Waals surface area contributed by atoms with Crippen molar-refractivity contribution in [3.8, 4) is 0 Å². The predicted octanol–water partition coefficient (Wildman–Crippen LogP) is 11.5. The molecule has 0 heterocycles. The van der Waals surface area contributed by atoms with Gasteiger partial charge >= 0.3 is 25.7 Å². The number of phosphoric ester groups is 1. The highest BCUT2D eigenvalue weighted by Gasteiger charge is 2.28. The van der Waals surface area contributed by atoms with Crippen molar-refractivity contribution < 1.29 is 47.5 Å². The second kappa shape index (κ2) is 38.8. The van der Waals surface area contributed by atoms with Gasteiger partial charge in [0, 0.05) is 12.8 Å². The molecule has 55 heavy (non-hydrogen) atoms. The summed E-state index contributed by atoms with van der Waals surface area (Å²) in [6.07, 6.45) is 39.5. The normalized spacial score (nSPS) is 14.0. The maximum atomic E-state index is 12.6. The Labute approximate surface area is 334 Å². The second-order valence-corrected chi connectivity index (χ2v) is 16.3. The maximum absolute atomic E-state index is 12.6. The molecule has 0 aliphatic carbocycles. The summed E-state index contributed by atoms with van der Waals surface area (Å²) in [4.78, 5) is 45.9. The van der Waals surface area contributed by atoms with Crippen LogP contribution in [0.15, 0.2) is 24.3 Å². The highest BCUT2D eigenvalue weighted by Crippen LogP contribution is 2.43. The Hall–Kier alpha value is -2.04. The van der Waals surface area contributed by atoms with Gasteiger partial charge in [-0.25, -0.2) is 4.57 Å². The summed E-state index contributed by atoms with van der Waals surface area (Å²) in [7, 11) is -4.71. The number of rotatable bonds is 41. The number of nitrogens with two attached hydrogens (primary N) is 1. The van der Waals surface area contributed by atoms with E-state index in [9.17, 15) is 23.8 Å². The van der Waals surface area contributed by atoms with E-state index in [0.717, 1.165) is 64.2 Å². The fraction of sp³-hybridized carbons (Fsp3) is 0.837. The monoisotopic (exact) mass is 802 g/mol. The number of unbranched alkanes of at least 4 members (excludes halogenated alkanes) is 23. The second-order valence-electron chi connectivity index (χ2n) is 14.8. The quantitative estimate of drug-likeness (QED) is 0.0232. The van der Waals surface area contributed by atoms with Crippen LogP contribution in [-0.4, -0.2) is 59.9 Å². The third-order valence-electron chi connectivity index (χ3n) is 9.45. The van der Waals surface area contributed by atoms with Crippen molar-refractivity contribution in [2.75, 3.05) is 19.8 Å². The molecule has 0 aromatic rings. The van der Waals surface area contributed by atoms with Crippen LogP contribution in [0.4, 0.5) is 0 Å². The number of carbonyl (C=O) groups excluding carboxylic acids is 2. The van der Waals surface area contributed by atoms with Gasteiger partial charge < -0.3 is 25.2 Å². The van der Waals surface area contributed by atoms with Gasteiger partial charge in [-0.1, -0.05) is 173 Å². The van der Waals surface area contributed by atoms with E-state index in [2.05, 4.69) is 42.7 Å². The Morgan fingerprint density at radius 3 is 1.47 bits per heavy atom. The lowest BCUT2D eigenvalue weighted by molar-refractivity contribution is -0.161. The standard InChI is InChI=1S/C43H80NO10P/c1-3-5-7-9-11-13-15-17-19-21-23-25-27-29-31-33-35-42(46)54-39(37-52-55(49,50)53-38-40(44)43(47)48)36-51-41(45)34-32-30-28-26-24-22-20-18-16-14-12-10-8-6-4-2/h9,11,15,17,39-40H,3-8,10,12-14,16,18-38,44H2,1-2H3,(H,47,48)(H,49,50)/b11-9-,17-15-/t39-,40+/m1/s1. The van der Waals surface area contributed by atoms with Crippen LogP contribution in [0.5, 0.6) is 0 Å². The van der Waals surface area contributed by atoms with E-state index < -0.39 is 51.1 Å². The molecule has 3 atom stereocenters. The van der Waals surface area contributed by atoms with Crippen LogP contribution in [0.3, 0.4) is 0 Å².